The predicted molar refractivity (Wildman–Crippen MR) is 112 cm³/mol. The first-order chi connectivity index (χ1) is 13.6. The molecule has 0 aliphatic carbocycles. The molecule has 1 unspecified atom stereocenters. The van der Waals surface area contributed by atoms with E-state index in [0.717, 1.165) is 34.1 Å². The standard InChI is InChI=1S/C24H25NO3/c1-16-3-8-23(28-2)22(11-16)20-6-4-19-13-21(7-5-18(19)12-20)24(27)25-10-9-17(14-25)15-26/h3-8,11-13,17,26H,9-10,14-15H2,1-2H3. The lowest BCUT2D eigenvalue weighted by atomic mass is 9.98. The molecule has 1 aliphatic heterocycles. The van der Waals surface area contributed by atoms with E-state index in [4.69, 9.17) is 4.74 Å². The van der Waals surface area contributed by atoms with Crippen molar-refractivity contribution in [2.45, 2.75) is 13.3 Å². The van der Waals surface area contributed by atoms with E-state index in [2.05, 4.69) is 31.2 Å². The molecule has 28 heavy (non-hydrogen) atoms. The van der Waals surface area contributed by atoms with Gasteiger partial charge in [-0.2, -0.15) is 0 Å². The Labute approximate surface area is 165 Å². The summed E-state index contributed by atoms with van der Waals surface area (Å²) in [5, 5.41) is 11.4. The molecule has 0 aromatic heterocycles. The number of aryl methyl sites for hydroxylation is 1. The number of amides is 1. The second kappa shape index (κ2) is 7.64. The number of hydrogen-bond donors (Lipinski definition) is 1. The van der Waals surface area contributed by atoms with Crippen molar-refractivity contribution >= 4 is 16.7 Å². The average molecular weight is 375 g/mol. The molecule has 1 N–H and O–H groups in total. The molecular weight excluding hydrogens is 350 g/mol. The third-order valence-corrected chi connectivity index (χ3v) is 5.58. The van der Waals surface area contributed by atoms with Crippen LogP contribution in [0.2, 0.25) is 0 Å². The maximum Gasteiger partial charge on any atom is 0.253 e. The van der Waals surface area contributed by atoms with Crippen molar-refractivity contribution in [3.63, 3.8) is 0 Å². The minimum atomic E-state index is 0.0438. The van der Waals surface area contributed by atoms with Gasteiger partial charge < -0.3 is 14.7 Å². The van der Waals surface area contributed by atoms with Crippen LogP contribution in [0.4, 0.5) is 0 Å². The summed E-state index contributed by atoms with van der Waals surface area (Å²) in [6, 6.07) is 18.3. The molecule has 3 aromatic rings. The minimum absolute atomic E-state index is 0.0438. The summed E-state index contributed by atoms with van der Waals surface area (Å²) in [4.78, 5) is 14.6. The molecule has 1 aliphatic rings. The lowest BCUT2D eigenvalue weighted by Gasteiger charge is -2.16. The Morgan fingerprint density at radius 2 is 1.89 bits per heavy atom. The summed E-state index contributed by atoms with van der Waals surface area (Å²) in [6.07, 6.45) is 0.873. The van der Waals surface area contributed by atoms with Gasteiger partial charge in [0, 0.05) is 36.7 Å². The highest BCUT2D eigenvalue weighted by Gasteiger charge is 2.26. The van der Waals surface area contributed by atoms with Crippen LogP contribution in [-0.4, -0.2) is 42.7 Å². The van der Waals surface area contributed by atoms with Crippen LogP contribution < -0.4 is 4.74 Å². The number of aliphatic hydroxyl groups is 1. The molecule has 1 fully saturated rings. The van der Waals surface area contributed by atoms with E-state index in [1.54, 1.807) is 7.11 Å². The second-order valence-corrected chi connectivity index (χ2v) is 7.57. The Kier molecular flexibility index (Phi) is 5.05. The fraction of sp³-hybridized carbons (Fsp3) is 0.292. The molecule has 4 heteroatoms. The number of nitrogens with zero attached hydrogens (tertiary/aromatic N) is 1. The van der Waals surface area contributed by atoms with Crippen molar-refractivity contribution < 1.29 is 14.6 Å². The molecule has 0 bridgehead atoms. The van der Waals surface area contributed by atoms with E-state index < -0.39 is 0 Å². The van der Waals surface area contributed by atoms with Crippen molar-refractivity contribution in [1.82, 2.24) is 4.90 Å². The normalized spacial score (nSPS) is 16.5. The van der Waals surface area contributed by atoms with Crippen LogP contribution in [0.15, 0.2) is 54.6 Å². The molecule has 0 radical (unpaired) electrons. The molecule has 1 amide bonds. The topological polar surface area (TPSA) is 49.8 Å². The first-order valence-electron chi connectivity index (χ1n) is 9.68. The highest BCUT2D eigenvalue weighted by Crippen LogP contribution is 2.33. The fourth-order valence-electron chi connectivity index (χ4n) is 3.94. The smallest absolute Gasteiger partial charge is 0.253 e. The number of hydrogen-bond acceptors (Lipinski definition) is 3. The lowest BCUT2D eigenvalue weighted by Crippen LogP contribution is -2.29. The summed E-state index contributed by atoms with van der Waals surface area (Å²) in [5.41, 5.74) is 4.05. The Hall–Kier alpha value is -2.85. The third-order valence-electron chi connectivity index (χ3n) is 5.58. The third kappa shape index (κ3) is 3.48. The van der Waals surface area contributed by atoms with Crippen LogP contribution in [0, 0.1) is 12.8 Å². The molecule has 1 atom stereocenters. The molecule has 4 nitrogen and oxygen atoms in total. The molecule has 1 saturated heterocycles. The van der Waals surface area contributed by atoms with Gasteiger partial charge >= 0.3 is 0 Å². The number of rotatable bonds is 4. The maximum atomic E-state index is 12.8. The zero-order valence-corrected chi connectivity index (χ0v) is 16.3. The van der Waals surface area contributed by atoms with Crippen molar-refractivity contribution in [2.24, 2.45) is 5.92 Å². The first-order valence-corrected chi connectivity index (χ1v) is 9.68. The maximum absolute atomic E-state index is 12.8. The van der Waals surface area contributed by atoms with E-state index in [1.165, 1.54) is 5.56 Å². The molecule has 4 rings (SSSR count). The number of ether oxygens (including phenoxy) is 1. The monoisotopic (exact) mass is 375 g/mol. The first kappa shape index (κ1) is 18.5. The van der Waals surface area contributed by atoms with Crippen molar-refractivity contribution in [2.75, 3.05) is 26.8 Å². The van der Waals surface area contributed by atoms with Gasteiger partial charge in [0.25, 0.3) is 5.91 Å². The molecule has 3 aromatic carbocycles. The summed E-state index contributed by atoms with van der Waals surface area (Å²) < 4.78 is 5.52. The van der Waals surface area contributed by atoms with Gasteiger partial charge in [-0.1, -0.05) is 29.8 Å². The van der Waals surface area contributed by atoms with Crippen LogP contribution in [0.25, 0.3) is 21.9 Å². The number of methoxy groups -OCH3 is 1. The summed E-state index contributed by atoms with van der Waals surface area (Å²) in [5.74, 6) is 1.10. The zero-order chi connectivity index (χ0) is 19.7. The molecule has 144 valence electrons. The van der Waals surface area contributed by atoms with E-state index in [-0.39, 0.29) is 18.4 Å². The van der Waals surface area contributed by atoms with Crippen LogP contribution in [-0.2, 0) is 0 Å². The Bertz CT molecular complexity index is 1030. The Morgan fingerprint density at radius 3 is 2.64 bits per heavy atom. The highest BCUT2D eigenvalue weighted by atomic mass is 16.5. The number of likely N-dealkylation sites (tertiary alicyclic amines) is 1. The van der Waals surface area contributed by atoms with Gasteiger partial charge in [-0.15, -0.1) is 0 Å². The summed E-state index contributed by atoms with van der Waals surface area (Å²) >= 11 is 0. The fourth-order valence-corrected chi connectivity index (χ4v) is 3.94. The second-order valence-electron chi connectivity index (χ2n) is 7.57. The molecule has 0 spiro atoms. The van der Waals surface area contributed by atoms with Gasteiger partial charge in [0.15, 0.2) is 0 Å². The zero-order valence-electron chi connectivity index (χ0n) is 16.3. The summed E-state index contributed by atoms with van der Waals surface area (Å²) in [6.45, 7) is 3.57. The van der Waals surface area contributed by atoms with E-state index in [0.29, 0.717) is 18.7 Å². The number of carbonyl (C=O) groups is 1. The largest absolute Gasteiger partial charge is 0.496 e. The van der Waals surface area contributed by atoms with Crippen molar-refractivity contribution in [3.05, 3.63) is 65.7 Å². The van der Waals surface area contributed by atoms with Gasteiger partial charge in [-0.25, -0.2) is 0 Å². The number of benzene rings is 3. The van der Waals surface area contributed by atoms with Crippen LogP contribution in [0.3, 0.4) is 0 Å². The van der Waals surface area contributed by atoms with Crippen molar-refractivity contribution in [3.8, 4) is 16.9 Å². The quantitative estimate of drug-likeness (QED) is 0.741. The van der Waals surface area contributed by atoms with E-state index in [9.17, 15) is 9.90 Å². The van der Waals surface area contributed by atoms with Gasteiger partial charge in [0.2, 0.25) is 0 Å². The minimum Gasteiger partial charge on any atom is -0.496 e. The summed E-state index contributed by atoms with van der Waals surface area (Å²) in [7, 11) is 1.69. The molecule has 0 saturated carbocycles. The van der Waals surface area contributed by atoms with Gasteiger partial charge in [0.1, 0.15) is 5.75 Å². The van der Waals surface area contributed by atoms with Gasteiger partial charge in [-0.05, 0) is 60.0 Å². The Balaban J connectivity index is 1.65. The number of aliphatic hydroxyl groups excluding tert-OH is 1. The lowest BCUT2D eigenvalue weighted by molar-refractivity contribution is 0.0782. The van der Waals surface area contributed by atoms with Crippen LogP contribution in [0.1, 0.15) is 22.3 Å². The van der Waals surface area contributed by atoms with E-state index in [1.807, 2.05) is 35.2 Å². The number of carbonyl (C=O) groups excluding carboxylic acids is 1. The Morgan fingerprint density at radius 1 is 1.11 bits per heavy atom. The average Bonchev–Trinajstić information content (AvgIpc) is 3.21. The molecular formula is C24H25NO3. The number of fused-ring (bicyclic) bond motifs is 1. The van der Waals surface area contributed by atoms with Crippen LogP contribution >= 0.6 is 0 Å². The van der Waals surface area contributed by atoms with Gasteiger partial charge in [-0.3, -0.25) is 4.79 Å². The molecule has 1 heterocycles. The SMILES string of the molecule is COc1ccc(C)cc1-c1ccc2cc(C(=O)N3CCC(CO)C3)ccc2c1. The van der Waals surface area contributed by atoms with Gasteiger partial charge in [0.05, 0.1) is 7.11 Å². The van der Waals surface area contributed by atoms with Crippen LogP contribution in [0.5, 0.6) is 5.75 Å². The predicted octanol–water partition coefficient (Wildman–Crippen LogP) is 4.28. The van der Waals surface area contributed by atoms with E-state index >= 15 is 0 Å². The van der Waals surface area contributed by atoms with Crippen molar-refractivity contribution in [1.29, 1.82) is 0 Å². The highest BCUT2D eigenvalue weighted by molar-refractivity contribution is 5.99.